The van der Waals surface area contributed by atoms with Crippen LogP contribution in [0.1, 0.15) is 48.2 Å². The zero-order chi connectivity index (χ0) is 14.5. The molecule has 0 atom stereocenters. The van der Waals surface area contributed by atoms with Gasteiger partial charge in [0.1, 0.15) is 5.75 Å². The summed E-state index contributed by atoms with van der Waals surface area (Å²) in [7, 11) is 0. The van der Waals surface area contributed by atoms with Crippen LogP contribution >= 0.6 is 0 Å². The van der Waals surface area contributed by atoms with Gasteiger partial charge in [-0.1, -0.05) is 50.2 Å². The van der Waals surface area contributed by atoms with Gasteiger partial charge < -0.3 is 4.74 Å². The average molecular weight is 268 g/mol. The Kier molecular flexibility index (Phi) is 4.57. The van der Waals surface area contributed by atoms with E-state index in [9.17, 15) is 4.79 Å². The monoisotopic (exact) mass is 268 g/mol. The molecule has 0 unspecified atom stereocenters. The highest BCUT2D eigenvalue weighted by atomic mass is 16.5. The van der Waals surface area contributed by atoms with E-state index in [1.165, 1.54) is 5.56 Å². The van der Waals surface area contributed by atoms with Crippen LogP contribution in [0.4, 0.5) is 0 Å². The Morgan fingerprint density at radius 1 is 1.05 bits per heavy atom. The van der Waals surface area contributed by atoms with Gasteiger partial charge in [0.15, 0.2) is 5.78 Å². The Hall–Kier alpha value is -2.09. The Morgan fingerprint density at radius 3 is 2.30 bits per heavy atom. The smallest absolute Gasteiger partial charge is 0.196 e. The first-order valence-corrected chi connectivity index (χ1v) is 7.00. The van der Waals surface area contributed by atoms with E-state index in [0.29, 0.717) is 29.4 Å². The molecule has 104 valence electrons. The Morgan fingerprint density at radius 2 is 1.70 bits per heavy atom. The number of rotatable bonds is 5. The molecule has 0 saturated carbocycles. The molecular weight excluding hydrogens is 248 g/mol. The van der Waals surface area contributed by atoms with Gasteiger partial charge in [0, 0.05) is 5.56 Å². The highest BCUT2D eigenvalue weighted by Crippen LogP contribution is 2.22. The first-order valence-electron chi connectivity index (χ1n) is 7.00. The van der Waals surface area contributed by atoms with Crippen molar-refractivity contribution in [1.82, 2.24) is 0 Å². The highest BCUT2D eigenvalue weighted by molar-refractivity contribution is 6.10. The van der Waals surface area contributed by atoms with E-state index < -0.39 is 0 Å². The molecule has 0 aliphatic heterocycles. The van der Waals surface area contributed by atoms with Crippen LogP contribution in [-0.4, -0.2) is 12.4 Å². The summed E-state index contributed by atoms with van der Waals surface area (Å²) in [4.78, 5) is 12.5. The van der Waals surface area contributed by atoms with Crippen LogP contribution in [0.5, 0.6) is 5.75 Å². The number of benzene rings is 2. The summed E-state index contributed by atoms with van der Waals surface area (Å²) in [5, 5.41) is 0. The lowest BCUT2D eigenvalue weighted by molar-refractivity contribution is 0.103. The number of ether oxygens (including phenoxy) is 1. The van der Waals surface area contributed by atoms with E-state index >= 15 is 0 Å². The fourth-order valence-corrected chi connectivity index (χ4v) is 2.11. The molecular formula is C18H20O2. The third kappa shape index (κ3) is 3.08. The molecule has 0 bridgehead atoms. The van der Waals surface area contributed by atoms with E-state index in [2.05, 4.69) is 13.8 Å². The lowest BCUT2D eigenvalue weighted by Crippen LogP contribution is -2.05. The highest BCUT2D eigenvalue weighted by Gasteiger charge is 2.14. The Balaban J connectivity index is 2.31. The van der Waals surface area contributed by atoms with Crippen molar-refractivity contribution in [3.05, 3.63) is 65.2 Å². The Labute approximate surface area is 120 Å². The number of hydrogen-bond acceptors (Lipinski definition) is 2. The van der Waals surface area contributed by atoms with Gasteiger partial charge in [0.2, 0.25) is 0 Å². The van der Waals surface area contributed by atoms with E-state index in [-0.39, 0.29) is 5.78 Å². The summed E-state index contributed by atoms with van der Waals surface area (Å²) >= 11 is 0. The molecule has 0 heterocycles. The quantitative estimate of drug-likeness (QED) is 0.749. The third-order valence-corrected chi connectivity index (χ3v) is 3.27. The zero-order valence-electron chi connectivity index (χ0n) is 12.2. The molecule has 0 amide bonds. The van der Waals surface area contributed by atoms with E-state index in [4.69, 9.17) is 4.74 Å². The predicted molar refractivity (Wildman–Crippen MR) is 81.6 cm³/mol. The minimum atomic E-state index is 0.00403. The largest absolute Gasteiger partial charge is 0.493 e. The van der Waals surface area contributed by atoms with Gasteiger partial charge in [-0.2, -0.15) is 0 Å². The van der Waals surface area contributed by atoms with Crippen molar-refractivity contribution >= 4 is 5.78 Å². The van der Waals surface area contributed by atoms with Crippen molar-refractivity contribution < 1.29 is 9.53 Å². The van der Waals surface area contributed by atoms with Crippen LogP contribution < -0.4 is 4.74 Å². The van der Waals surface area contributed by atoms with Gasteiger partial charge in [-0.15, -0.1) is 0 Å². The molecule has 0 spiro atoms. The number of carbonyl (C=O) groups is 1. The predicted octanol–water partition coefficient (Wildman–Crippen LogP) is 4.44. The summed E-state index contributed by atoms with van der Waals surface area (Å²) in [5.41, 5.74) is 2.55. The maximum atomic E-state index is 12.5. The van der Waals surface area contributed by atoms with Crippen LogP contribution in [0, 0.1) is 0 Å². The van der Waals surface area contributed by atoms with E-state index in [0.717, 1.165) is 0 Å². The number of hydrogen-bond donors (Lipinski definition) is 0. The molecule has 0 radical (unpaired) electrons. The number of carbonyl (C=O) groups excluding carboxylic acids is 1. The molecule has 0 aliphatic carbocycles. The molecule has 0 aromatic heterocycles. The second kappa shape index (κ2) is 6.38. The summed E-state index contributed by atoms with van der Waals surface area (Å²) in [5.74, 6) is 1.12. The van der Waals surface area contributed by atoms with Crippen LogP contribution in [0.25, 0.3) is 0 Å². The van der Waals surface area contributed by atoms with Crippen LogP contribution in [0.2, 0.25) is 0 Å². The number of para-hydroxylation sites is 1. The minimum absolute atomic E-state index is 0.00403. The Bertz CT molecular complexity index is 583. The van der Waals surface area contributed by atoms with Gasteiger partial charge in [0.05, 0.1) is 12.2 Å². The van der Waals surface area contributed by atoms with Gasteiger partial charge >= 0.3 is 0 Å². The molecule has 20 heavy (non-hydrogen) atoms. The molecule has 0 N–H and O–H groups in total. The lowest BCUT2D eigenvalue weighted by atomic mass is 9.98. The molecule has 0 fully saturated rings. The van der Waals surface area contributed by atoms with Gasteiger partial charge in [0.25, 0.3) is 0 Å². The van der Waals surface area contributed by atoms with Crippen LogP contribution in [0.3, 0.4) is 0 Å². The lowest BCUT2D eigenvalue weighted by Gasteiger charge is -2.10. The molecule has 2 heteroatoms. The first kappa shape index (κ1) is 14.3. The summed E-state index contributed by atoms with van der Waals surface area (Å²) in [6, 6.07) is 15.2. The molecule has 0 aliphatic rings. The van der Waals surface area contributed by atoms with Crippen molar-refractivity contribution in [1.29, 1.82) is 0 Å². The van der Waals surface area contributed by atoms with Gasteiger partial charge in [-0.05, 0) is 30.5 Å². The SMILES string of the molecule is CCOc1ccccc1C(=O)c1ccc(C(C)C)cc1. The number of ketones is 1. The second-order valence-corrected chi connectivity index (χ2v) is 5.04. The summed E-state index contributed by atoms with van der Waals surface area (Å²) < 4.78 is 5.52. The van der Waals surface area contributed by atoms with E-state index in [1.807, 2.05) is 55.5 Å². The maximum absolute atomic E-state index is 12.5. The van der Waals surface area contributed by atoms with Crippen LogP contribution in [-0.2, 0) is 0 Å². The minimum Gasteiger partial charge on any atom is -0.493 e. The fourth-order valence-electron chi connectivity index (χ4n) is 2.11. The maximum Gasteiger partial charge on any atom is 0.196 e. The van der Waals surface area contributed by atoms with Crippen molar-refractivity contribution in [3.63, 3.8) is 0 Å². The molecule has 2 aromatic rings. The average Bonchev–Trinajstić information content (AvgIpc) is 2.47. The van der Waals surface area contributed by atoms with Crippen LogP contribution in [0.15, 0.2) is 48.5 Å². The fraction of sp³-hybridized carbons (Fsp3) is 0.278. The molecule has 2 nitrogen and oxygen atoms in total. The zero-order valence-corrected chi connectivity index (χ0v) is 12.2. The third-order valence-electron chi connectivity index (χ3n) is 3.27. The summed E-state index contributed by atoms with van der Waals surface area (Å²) in [6.07, 6.45) is 0. The normalized spacial score (nSPS) is 10.6. The van der Waals surface area contributed by atoms with Crippen molar-refractivity contribution in [2.45, 2.75) is 26.7 Å². The van der Waals surface area contributed by atoms with Gasteiger partial charge in [-0.25, -0.2) is 0 Å². The molecule has 0 saturated heterocycles. The van der Waals surface area contributed by atoms with Crippen molar-refractivity contribution in [3.8, 4) is 5.75 Å². The second-order valence-electron chi connectivity index (χ2n) is 5.04. The molecule has 2 rings (SSSR count). The summed E-state index contributed by atoms with van der Waals surface area (Å²) in [6.45, 7) is 6.75. The first-order chi connectivity index (χ1) is 9.63. The van der Waals surface area contributed by atoms with Gasteiger partial charge in [-0.3, -0.25) is 4.79 Å². The standard InChI is InChI=1S/C18H20O2/c1-4-20-17-8-6-5-7-16(17)18(19)15-11-9-14(10-12-15)13(2)3/h5-13H,4H2,1-3H3. The van der Waals surface area contributed by atoms with Crippen molar-refractivity contribution in [2.75, 3.05) is 6.61 Å². The molecule has 2 aromatic carbocycles. The van der Waals surface area contributed by atoms with E-state index in [1.54, 1.807) is 0 Å². The topological polar surface area (TPSA) is 26.3 Å². The van der Waals surface area contributed by atoms with Crippen molar-refractivity contribution in [2.24, 2.45) is 0 Å².